The standard InChI is InChI=1S/C16H20ClN3O/c1-10(2)13-6-19-16(20-8-11(9-20)3-4-21)14-7-18-15(17)5-12(13)14/h5-7,10-11,21H,3-4,8-9H2,1-2H3. The van der Waals surface area contributed by atoms with Crippen LogP contribution in [0.15, 0.2) is 18.5 Å². The van der Waals surface area contributed by atoms with Gasteiger partial charge in [0.1, 0.15) is 11.0 Å². The highest BCUT2D eigenvalue weighted by atomic mass is 35.5. The molecule has 0 unspecified atom stereocenters. The molecule has 2 aromatic heterocycles. The number of halogens is 1. The van der Waals surface area contributed by atoms with E-state index in [1.165, 1.54) is 5.56 Å². The molecule has 4 nitrogen and oxygen atoms in total. The summed E-state index contributed by atoms with van der Waals surface area (Å²) in [6, 6.07) is 1.93. The molecule has 112 valence electrons. The van der Waals surface area contributed by atoms with E-state index in [0.717, 1.165) is 36.1 Å². The summed E-state index contributed by atoms with van der Waals surface area (Å²) < 4.78 is 0. The first-order valence-corrected chi connectivity index (χ1v) is 7.78. The average Bonchev–Trinajstić information content (AvgIpc) is 2.41. The van der Waals surface area contributed by atoms with Crippen LogP contribution in [-0.2, 0) is 0 Å². The maximum atomic E-state index is 9.00. The molecule has 0 spiro atoms. The van der Waals surface area contributed by atoms with Crippen molar-refractivity contribution in [2.75, 3.05) is 24.6 Å². The quantitative estimate of drug-likeness (QED) is 0.881. The first-order chi connectivity index (χ1) is 10.1. The monoisotopic (exact) mass is 305 g/mol. The Bertz CT molecular complexity index is 653. The van der Waals surface area contributed by atoms with E-state index >= 15 is 0 Å². The molecule has 0 aromatic carbocycles. The van der Waals surface area contributed by atoms with Gasteiger partial charge in [-0.1, -0.05) is 25.4 Å². The van der Waals surface area contributed by atoms with Crippen LogP contribution in [0.25, 0.3) is 10.8 Å². The summed E-state index contributed by atoms with van der Waals surface area (Å²) in [4.78, 5) is 11.1. The van der Waals surface area contributed by atoms with Crippen LogP contribution in [-0.4, -0.2) is 34.8 Å². The zero-order chi connectivity index (χ0) is 15.0. The highest BCUT2D eigenvalue weighted by Crippen LogP contribution is 2.34. The second-order valence-corrected chi connectivity index (χ2v) is 6.41. The number of hydrogen-bond donors (Lipinski definition) is 1. The van der Waals surface area contributed by atoms with Crippen molar-refractivity contribution in [2.24, 2.45) is 5.92 Å². The third kappa shape index (κ3) is 2.70. The Hall–Kier alpha value is -1.39. The van der Waals surface area contributed by atoms with Gasteiger partial charge in [0.25, 0.3) is 0 Å². The molecule has 0 radical (unpaired) electrons. The van der Waals surface area contributed by atoms with Crippen molar-refractivity contribution in [3.63, 3.8) is 0 Å². The van der Waals surface area contributed by atoms with Gasteiger partial charge in [-0.3, -0.25) is 0 Å². The molecule has 1 aliphatic rings. The van der Waals surface area contributed by atoms with E-state index < -0.39 is 0 Å². The summed E-state index contributed by atoms with van der Waals surface area (Å²) in [6.07, 6.45) is 4.64. The molecule has 3 heterocycles. The van der Waals surface area contributed by atoms with E-state index in [4.69, 9.17) is 16.7 Å². The summed E-state index contributed by atoms with van der Waals surface area (Å²) in [6.45, 7) is 6.48. The molecular formula is C16H20ClN3O. The molecule has 0 aliphatic carbocycles. The molecule has 1 fully saturated rings. The van der Waals surface area contributed by atoms with Crippen LogP contribution in [0.3, 0.4) is 0 Å². The topological polar surface area (TPSA) is 49.2 Å². The fourth-order valence-electron chi connectivity index (χ4n) is 2.94. The third-order valence-corrected chi connectivity index (χ3v) is 4.37. The highest BCUT2D eigenvalue weighted by molar-refractivity contribution is 6.30. The van der Waals surface area contributed by atoms with E-state index in [9.17, 15) is 0 Å². The zero-order valence-corrected chi connectivity index (χ0v) is 13.1. The smallest absolute Gasteiger partial charge is 0.138 e. The van der Waals surface area contributed by atoms with Crippen molar-refractivity contribution >= 4 is 28.2 Å². The maximum absolute atomic E-state index is 9.00. The van der Waals surface area contributed by atoms with Crippen molar-refractivity contribution in [3.05, 3.63) is 29.2 Å². The number of aliphatic hydroxyl groups is 1. The molecule has 2 aromatic rings. The van der Waals surface area contributed by atoms with Gasteiger partial charge in [0.05, 0.1) is 0 Å². The number of hydrogen-bond acceptors (Lipinski definition) is 4. The largest absolute Gasteiger partial charge is 0.396 e. The van der Waals surface area contributed by atoms with Crippen LogP contribution >= 0.6 is 11.6 Å². The van der Waals surface area contributed by atoms with Gasteiger partial charge < -0.3 is 10.0 Å². The van der Waals surface area contributed by atoms with Gasteiger partial charge in [0, 0.05) is 37.5 Å². The van der Waals surface area contributed by atoms with Crippen molar-refractivity contribution < 1.29 is 5.11 Å². The van der Waals surface area contributed by atoms with Gasteiger partial charge in [-0.2, -0.15) is 0 Å². The van der Waals surface area contributed by atoms with Crippen molar-refractivity contribution in [2.45, 2.75) is 26.2 Å². The van der Waals surface area contributed by atoms with Crippen LogP contribution in [0.5, 0.6) is 0 Å². The molecule has 0 amide bonds. The number of fused-ring (bicyclic) bond motifs is 1. The molecule has 1 aliphatic heterocycles. The minimum absolute atomic E-state index is 0.260. The summed E-state index contributed by atoms with van der Waals surface area (Å²) in [5.74, 6) is 1.94. The van der Waals surface area contributed by atoms with E-state index in [-0.39, 0.29) is 6.61 Å². The fraction of sp³-hybridized carbons (Fsp3) is 0.500. The summed E-state index contributed by atoms with van der Waals surface area (Å²) in [5.41, 5.74) is 1.20. The van der Waals surface area contributed by atoms with E-state index in [1.54, 1.807) is 0 Å². The first-order valence-electron chi connectivity index (χ1n) is 7.40. The molecule has 21 heavy (non-hydrogen) atoms. The Balaban J connectivity index is 1.99. The lowest BCUT2D eigenvalue weighted by atomic mass is 9.95. The van der Waals surface area contributed by atoms with E-state index in [0.29, 0.717) is 17.0 Å². The number of pyridine rings is 2. The van der Waals surface area contributed by atoms with Crippen LogP contribution in [0.4, 0.5) is 5.82 Å². The van der Waals surface area contributed by atoms with Gasteiger partial charge in [-0.25, -0.2) is 9.97 Å². The number of anilines is 1. The zero-order valence-electron chi connectivity index (χ0n) is 12.4. The maximum Gasteiger partial charge on any atom is 0.138 e. The van der Waals surface area contributed by atoms with Crippen LogP contribution in [0, 0.1) is 5.92 Å². The Morgan fingerprint density at radius 1 is 1.29 bits per heavy atom. The molecule has 1 N–H and O–H groups in total. The van der Waals surface area contributed by atoms with Gasteiger partial charge in [0.15, 0.2) is 0 Å². The van der Waals surface area contributed by atoms with Crippen molar-refractivity contribution in [3.8, 4) is 0 Å². The number of rotatable bonds is 4. The fourth-order valence-corrected chi connectivity index (χ4v) is 3.09. The lowest BCUT2D eigenvalue weighted by molar-refractivity contribution is 0.239. The molecule has 5 heteroatoms. The average molecular weight is 306 g/mol. The normalized spacial score (nSPS) is 15.8. The summed E-state index contributed by atoms with van der Waals surface area (Å²) in [7, 11) is 0. The minimum atomic E-state index is 0.260. The first kappa shape index (κ1) is 14.5. The van der Waals surface area contributed by atoms with E-state index in [1.807, 2.05) is 18.5 Å². The second kappa shape index (κ2) is 5.78. The number of nitrogens with zero attached hydrogens (tertiary/aromatic N) is 3. The SMILES string of the molecule is CC(C)c1cnc(N2CC(CCO)C2)c2cnc(Cl)cc12. The molecule has 0 atom stereocenters. The van der Waals surface area contributed by atoms with Crippen LogP contribution in [0.2, 0.25) is 5.15 Å². The molecule has 0 saturated carbocycles. The Kier molecular flexibility index (Phi) is 4.00. The molecule has 0 bridgehead atoms. The number of aromatic nitrogens is 2. The predicted molar refractivity (Wildman–Crippen MR) is 86.0 cm³/mol. The van der Waals surface area contributed by atoms with Gasteiger partial charge in [-0.05, 0) is 35.3 Å². The van der Waals surface area contributed by atoms with Crippen molar-refractivity contribution in [1.29, 1.82) is 0 Å². The third-order valence-electron chi connectivity index (χ3n) is 4.16. The van der Waals surface area contributed by atoms with Gasteiger partial charge in [-0.15, -0.1) is 0 Å². The van der Waals surface area contributed by atoms with Crippen molar-refractivity contribution in [1.82, 2.24) is 9.97 Å². The minimum Gasteiger partial charge on any atom is -0.396 e. The predicted octanol–water partition coefficient (Wildman–Crippen LogP) is 3.23. The second-order valence-electron chi connectivity index (χ2n) is 6.03. The summed E-state index contributed by atoms with van der Waals surface area (Å²) in [5, 5.41) is 11.7. The molecule has 3 rings (SSSR count). The highest BCUT2D eigenvalue weighted by Gasteiger charge is 2.28. The van der Waals surface area contributed by atoms with E-state index in [2.05, 4.69) is 28.7 Å². The Morgan fingerprint density at radius 3 is 2.71 bits per heavy atom. The van der Waals surface area contributed by atoms with Crippen LogP contribution in [0.1, 0.15) is 31.7 Å². The Morgan fingerprint density at radius 2 is 2.05 bits per heavy atom. The van der Waals surface area contributed by atoms with Gasteiger partial charge >= 0.3 is 0 Å². The molecular weight excluding hydrogens is 286 g/mol. The van der Waals surface area contributed by atoms with Crippen LogP contribution < -0.4 is 4.90 Å². The Labute approximate surface area is 129 Å². The number of aliphatic hydroxyl groups excluding tert-OH is 1. The lowest BCUT2D eigenvalue weighted by Gasteiger charge is -2.40. The summed E-state index contributed by atoms with van der Waals surface area (Å²) >= 11 is 6.07. The van der Waals surface area contributed by atoms with Gasteiger partial charge in [0.2, 0.25) is 0 Å². The molecule has 1 saturated heterocycles. The lowest BCUT2D eigenvalue weighted by Crippen LogP contribution is -2.47.